The molecule has 4 nitrogen and oxygen atoms in total. The summed E-state index contributed by atoms with van der Waals surface area (Å²) in [5.74, 6) is 0.737. The fourth-order valence-electron chi connectivity index (χ4n) is 3.58. The third-order valence-corrected chi connectivity index (χ3v) is 7.59. The molecule has 4 rings (SSSR count). The highest BCUT2D eigenvalue weighted by atomic mass is 32.1. The van der Waals surface area contributed by atoms with E-state index in [1.54, 1.807) is 11.3 Å². The summed E-state index contributed by atoms with van der Waals surface area (Å²) in [4.78, 5) is 22.9. The maximum Gasteiger partial charge on any atom is 0.236 e. The zero-order valence-electron chi connectivity index (χ0n) is 15.9. The fraction of sp³-hybridized carbons (Fsp3) is 0.429. The van der Waals surface area contributed by atoms with E-state index in [-0.39, 0.29) is 5.91 Å². The van der Waals surface area contributed by atoms with Crippen LogP contribution in [0.5, 0.6) is 0 Å². The summed E-state index contributed by atoms with van der Waals surface area (Å²) in [6.45, 7) is 5.28. The Morgan fingerprint density at radius 3 is 2.74 bits per heavy atom. The second kappa shape index (κ2) is 8.09. The quantitative estimate of drug-likeness (QED) is 0.634. The van der Waals surface area contributed by atoms with E-state index in [0.29, 0.717) is 19.0 Å². The molecule has 0 saturated carbocycles. The van der Waals surface area contributed by atoms with Crippen molar-refractivity contribution < 1.29 is 4.79 Å². The van der Waals surface area contributed by atoms with Gasteiger partial charge in [-0.05, 0) is 62.0 Å². The Morgan fingerprint density at radius 2 is 2.04 bits per heavy atom. The third kappa shape index (κ3) is 4.23. The van der Waals surface area contributed by atoms with Gasteiger partial charge in [-0.2, -0.15) is 0 Å². The highest BCUT2D eigenvalue weighted by molar-refractivity contribution is 7.18. The number of fused-ring (bicyclic) bond motifs is 1. The van der Waals surface area contributed by atoms with Gasteiger partial charge >= 0.3 is 0 Å². The topological polar surface area (TPSA) is 36.4 Å². The first-order chi connectivity index (χ1) is 13.1. The predicted molar refractivity (Wildman–Crippen MR) is 114 cm³/mol. The SMILES string of the molecule is Cc1ccsc1CN(C)C(=O)CN1CCC(c2nc3ccccc3s2)CC1. The Morgan fingerprint density at radius 1 is 1.26 bits per heavy atom. The van der Waals surface area contributed by atoms with Crippen LogP contribution in [-0.4, -0.2) is 47.4 Å². The van der Waals surface area contributed by atoms with E-state index in [9.17, 15) is 4.79 Å². The summed E-state index contributed by atoms with van der Waals surface area (Å²) in [6, 6.07) is 10.5. The van der Waals surface area contributed by atoms with E-state index in [2.05, 4.69) is 41.5 Å². The lowest BCUT2D eigenvalue weighted by Crippen LogP contribution is -2.41. The van der Waals surface area contributed by atoms with Crippen LogP contribution < -0.4 is 0 Å². The number of rotatable bonds is 5. The maximum absolute atomic E-state index is 12.6. The number of likely N-dealkylation sites (tertiary alicyclic amines) is 1. The molecule has 1 aromatic carbocycles. The summed E-state index contributed by atoms with van der Waals surface area (Å²) in [6.07, 6.45) is 2.17. The number of nitrogens with zero attached hydrogens (tertiary/aromatic N) is 3. The van der Waals surface area contributed by atoms with Crippen molar-refractivity contribution in [2.75, 3.05) is 26.7 Å². The monoisotopic (exact) mass is 399 g/mol. The molecular formula is C21H25N3OS2. The number of aryl methyl sites for hydroxylation is 1. The maximum atomic E-state index is 12.6. The fourth-order valence-corrected chi connectivity index (χ4v) is 5.68. The van der Waals surface area contributed by atoms with Crippen LogP contribution in [0.4, 0.5) is 0 Å². The van der Waals surface area contributed by atoms with Gasteiger partial charge in [-0.15, -0.1) is 22.7 Å². The lowest BCUT2D eigenvalue weighted by Gasteiger charge is -2.31. The number of thiazole rings is 1. The Hall–Kier alpha value is -1.76. The van der Waals surface area contributed by atoms with Crippen LogP contribution in [0.3, 0.4) is 0 Å². The molecule has 1 aliphatic rings. The van der Waals surface area contributed by atoms with Gasteiger partial charge in [0.25, 0.3) is 0 Å². The zero-order valence-corrected chi connectivity index (χ0v) is 17.5. The van der Waals surface area contributed by atoms with Gasteiger partial charge in [0.1, 0.15) is 0 Å². The number of benzene rings is 1. The molecule has 1 fully saturated rings. The lowest BCUT2D eigenvalue weighted by atomic mass is 9.97. The standard InChI is InChI=1S/C21H25N3OS2/c1-15-9-12-26-19(15)13-23(2)20(25)14-24-10-7-16(8-11-24)21-22-17-5-3-4-6-18(17)27-21/h3-6,9,12,16H,7-8,10-11,13-14H2,1-2H3. The molecule has 0 bridgehead atoms. The van der Waals surface area contributed by atoms with Crippen LogP contribution >= 0.6 is 22.7 Å². The summed E-state index contributed by atoms with van der Waals surface area (Å²) in [5.41, 5.74) is 2.39. The van der Waals surface area contributed by atoms with Gasteiger partial charge < -0.3 is 4.90 Å². The van der Waals surface area contributed by atoms with Gasteiger partial charge in [-0.1, -0.05) is 12.1 Å². The van der Waals surface area contributed by atoms with Crippen molar-refractivity contribution in [1.29, 1.82) is 0 Å². The number of likely N-dealkylation sites (N-methyl/N-ethyl adjacent to an activating group) is 1. The minimum Gasteiger partial charge on any atom is -0.339 e. The van der Waals surface area contributed by atoms with Gasteiger partial charge in [0.05, 0.1) is 28.3 Å². The number of hydrogen-bond donors (Lipinski definition) is 0. The van der Waals surface area contributed by atoms with E-state index in [1.165, 1.54) is 20.1 Å². The van der Waals surface area contributed by atoms with Crippen LogP contribution in [0.1, 0.15) is 34.2 Å². The molecular weight excluding hydrogens is 374 g/mol. The zero-order chi connectivity index (χ0) is 18.8. The van der Waals surface area contributed by atoms with Crippen LogP contribution in [0, 0.1) is 6.92 Å². The van der Waals surface area contributed by atoms with Crippen LogP contribution in [0.2, 0.25) is 0 Å². The number of hydrogen-bond acceptors (Lipinski definition) is 5. The molecule has 0 atom stereocenters. The average molecular weight is 400 g/mol. The molecule has 27 heavy (non-hydrogen) atoms. The number of amides is 1. The van der Waals surface area contributed by atoms with Crippen LogP contribution in [-0.2, 0) is 11.3 Å². The van der Waals surface area contributed by atoms with E-state index in [0.717, 1.165) is 31.4 Å². The first-order valence-electron chi connectivity index (χ1n) is 9.45. The van der Waals surface area contributed by atoms with Crippen molar-refractivity contribution in [3.8, 4) is 0 Å². The molecule has 6 heteroatoms. The van der Waals surface area contributed by atoms with Gasteiger partial charge in [-0.25, -0.2) is 4.98 Å². The van der Waals surface area contributed by atoms with Crippen LogP contribution in [0.25, 0.3) is 10.2 Å². The number of para-hydroxylation sites is 1. The minimum atomic E-state index is 0.209. The van der Waals surface area contributed by atoms with E-state index in [1.807, 2.05) is 29.4 Å². The van der Waals surface area contributed by atoms with Crippen molar-refractivity contribution >= 4 is 38.8 Å². The number of carbonyl (C=O) groups excluding carboxylic acids is 1. The van der Waals surface area contributed by atoms with E-state index in [4.69, 9.17) is 4.98 Å². The lowest BCUT2D eigenvalue weighted by molar-refractivity contribution is -0.131. The van der Waals surface area contributed by atoms with Crippen molar-refractivity contribution in [3.63, 3.8) is 0 Å². The molecule has 1 aliphatic heterocycles. The number of aromatic nitrogens is 1. The van der Waals surface area contributed by atoms with Gasteiger partial charge in [0.2, 0.25) is 5.91 Å². The molecule has 1 saturated heterocycles. The Bertz CT molecular complexity index is 891. The second-order valence-electron chi connectivity index (χ2n) is 7.35. The Kier molecular flexibility index (Phi) is 5.57. The van der Waals surface area contributed by atoms with E-state index < -0.39 is 0 Å². The van der Waals surface area contributed by atoms with Gasteiger partial charge in [-0.3, -0.25) is 9.69 Å². The van der Waals surface area contributed by atoms with Crippen molar-refractivity contribution in [2.24, 2.45) is 0 Å². The number of piperidine rings is 1. The van der Waals surface area contributed by atoms with Gasteiger partial charge in [0, 0.05) is 17.8 Å². The Balaban J connectivity index is 1.30. The van der Waals surface area contributed by atoms with Crippen molar-refractivity contribution in [2.45, 2.75) is 32.2 Å². The Labute approximate surface area is 168 Å². The van der Waals surface area contributed by atoms with Crippen molar-refractivity contribution in [3.05, 3.63) is 51.2 Å². The van der Waals surface area contributed by atoms with E-state index >= 15 is 0 Å². The molecule has 0 spiro atoms. The molecule has 0 radical (unpaired) electrons. The third-order valence-electron chi connectivity index (χ3n) is 5.38. The molecule has 0 N–H and O–H groups in total. The first kappa shape index (κ1) is 18.6. The highest BCUT2D eigenvalue weighted by Crippen LogP contribution is 2.33. The van der Waals surface area contributed by atoms with Crippen molar-refractivity contribution in [1.82, 2.24) is 14.8 Å². The smallest absolute Gasteiger partial charge is 0.236 e. The molecule has 0 aliphatic carbocycles. The molecule has 0 unspecified atom stereocenters. The average Bonchev–Trinajstić information content (AvgIpc) is 3.28. The molecule has 3 heterocycles. The molecule has 142 valence electrons. The predicted octanol–water partition coefficient (Wildman–Crippen LogP) is 4.50. The summed E-state index contributed by atoms with van der Waals surface area (Å²) in [5, 5.41) is 3.35. The second-order valence-corrected chi connectivity index (χ2v) is 9.41. The molecule has 3 aromatic rings. The normalized spacial score (nSPS) is 16.1. The van der Waals surface area contributed by atoms with Gasteiger partial charge in [0.15, 0.2) is 0 Å². The van der Waals surface area contributed by atoms with Crippen LogP contribution in [0.15, 0.2) is 35.7 Å². The summed E-state index contributed by atoms with van der Waals surface area (Å²) < 4.78 is 1.27. The summed E-state index contributed by atoms with van der Waals surface area (Å²) >= 11 is 3.55. The number of carbonyl (C=O) groups is 1. The number of thiophene rings is 1. The molecule has 1 amide bonds. The minimum absolute atomic E-state index is 0.209. The largest absolute Gasteiger partial charge is 0.339 e. The highest BCUT2D eigenvalue weighted by Gasteiger charge is 2.25. The molecule has 2 aromatic heterocycles. The summed E-state index contributed by atoms with van der Waals surface area (Å²) in [7, 11) is 1.91. The first-order valence-corrected chi connectivity index (χ1v) is 11.1.